The van der Waals surface area contributed by atoms with E-state index in [1.54, 1.807) is 12.1 Å². The molecule has 1 aromatic rings. The van der Waals surface area contributed by atoms with Crippen molar-refractivity contribution in [3.05, 3.63) is 29.3 Å². The van der Waals surface area contributed by atoms with Crippen LogP contribution in [0.4, 0.5) is 0 Å². The first kappa shape index (κ1) is 12.5. The third kappa shape index (κ3) is 3.24. The Kier molecular flexibility index (Phi) is 4.31. The lowest BCUT2D eigenvalue weighted by atomic mass is 10.1. The number of ether oxygens (including phenoxy) is 2. The van der Waals surface area contributed by atoms with Gasteiger partial charge in [0.2, 0.25) is 0 Å². The zero-order chi connectivity index (χ0) is 12.1. The van der Waals surface area contributed by atoms with Crippen LogP contribution in [0.5, 0.6) is 5.75 Å². The average Bonchev–Trinajstić information content (AvgIpc) is 2.25. The molecule has 1 N–H and O–H groups in total. The number of carbonyl (C=O) groups is 1. The maximum absolute atomic E-state index is 10.8. The molecule has 0 aliphatic rings. The summed E-state index contributed by atoms with van der Waals surface area (Å²) in [5.41, 5.74) is 1.06. The fourth-order valence-corrected chi connectivity index (χ4v) is 1.25. The van der Waals surface area contributed by atoms with Gasteiger partial charge in [-0.1, -0.05) is 6.07 Å². The van der Waals surface area contributed by atoms with E-state index in [0.717, 1.165) is 5.56 Å². The van der Waals surface area contributed by atoms with Crippen LogP contribution in [-0.2, 0) is 11.3 Å². The molecule has 1 aromatic carbocycles. The zero-order valence-corrected chi connectivity index (χ0v) is 9.69. The van der Waals surface area contributed by atoms with E-state index in [1.165, 1.54) is 13.2 Å². The first-order chi connectivity index (χ1) is 7.54. The van der Waals surface area contributed by atoms with Gasteiger partial charge in [0.25, 0.3) is 0 Å². The molecule has 0 amide bonds. The van der Waals surface area contributed by atoms with Crippen molar-refractivity contribution in [2.45, 2.75) is 26.6 Å². The van der Waals surface area contributed by atoms with E-state index in [1.807, 2.05) is 13.8 Å². The summed E-state index contributed by atoms with van der Waals surface area (Å²) in [5, 5.41) is 8.83. The van der Waals surface area contributed by atoms with E-state index in [0.29, 0.717) is 12.4 Å². The van der Waals surface area contributed by atoms with Gasteiger partial charge in [0.05, 0.1) is 25.4 Å². The number of aromatic carboxylic acids is 1. The lowest BCUT2D eigenvalue weighted by Crippen LogP contribution is -2.05. The van der Waals surface area contributed by atoms with Crippen LogP contribution < -0.4 is 4.74 Å². The summed E-state index contributed by atoms with van der Waals surface area (Å²) in [6.45, 7) is 4.30. The molecule has 4 heteroatoms. The van der Waals surface area contributed by atoms with E-state index >= 15 is 0 Å². The molecular formula is C12H16O4. The van der Waals surface area contributed by atoms with Crippen LogP contribution in [0.15, 0.2) is 18.2 Å². The van der Waals surface area contributed by atoms with Crippen molar-refractivity contribution in [1.82, 2.24) is 0 Å². The van der Waals surface area contributed by atoms with E-state index < -0.39 is 5.97 Å². The van der Waals surface area contributed by atoms with Crippen molar-refractivity contribution >= 4 is 5.97 Å². The van der Waals surface area contributed by atoms with Gasteiger partial charge in [-0.15, -0.1) is 0 Å². The molecule has 0 fully saturated rings. The molecule has 0 aromatic heterocycles. The lowest BCUT2D eigenvalue weighted by Gasteiger charge is -2.11. The van der Waals surface area contributed by atoms with Gasteiger partial charge >= 0.3 is 5.97 Å². The smallest absolute Gasteiger partial charge is 0.335 e. The maximum Gasteiger partial charge on any atom is 0.335 e. The van der Waals surface area contributed by atoms with Crippen LogP contribution in [0.2, 0.25) is 0 Å². The summed E-state index contributed by atoms with van der Waals surface area (Å²) in [6.07, 6.45) is 0.129. The summed E-state index contributed by atoms with van der Waals surface area (Å²) in [5.74, 6) is -0.421. The summed E-state index contributed by atoms with van der Waals surface area (Å²) >= 11 is 0. The second-order valence-electron chi connectivity index (χ2n) is 3.69. The second kappa shape index (κ2) is 5.51. The minimum absolute atomic E-state index is 0.129. The van der Waals surface area contributed by atoms with Crippen molar-refractivity contribution in [2.75, 3.05) is 7.11 Å². The minimum Gasteiger partial charge on any atom is -0.496 e. The Morgan fingerprint density at radius 2 is 2.12 bits per heavy atom. The standard InChI is InChI=1S/C12H16O4/c1-8(2)16-7-10-5-4-9(12(13)14)6-11(10)15-3/h4-6,8H,7H2,1-3H3,(H,13,14). The van der Waals surface area contributed by atoms with Gasteiger partial charge in [0.1, 0.15) is 5.75 Å². The van der Waals surface area contributed by atoms with Crippen LogP contribution in [0.3, 0.4) is 0 Å². The predicted octanol–water partition coefficient (Wildman–Crippen LogP) is 2.32. The highest BCUT2D eigenvalue weighted by Gasteiger charge is 2.09. The molecule has 16 heavy (non-hydrogen) atoms. The van der Waals surface area contributed by atoms with Crippen LogP contribution >= 0.6 is 0 Å². The number of benzene rings is 1. The van der Waals surface area contributed by atoms with E-state index in [-0.39, 0.29) is 11.7 Å². The van der Waals surface area contributed by atoms with E-state index in [2.05, 4.69) is 0 Å². The van der Waals surface area contributed by atoms with Crippen molar-refractivity contribution < 1.29 is 19.4 Å². The first-order valence-corrected chi connectivity index (χ1v) is 5.06. The van der Waals surface area contributed by atoms with Gasteiger partial charge < -0.3 is 14.6 Å². The van der Waals surface area contributed by atoms with Gasteiger partial charge in [-0.3, -0.25) is 0 Å². The largest absolute Gasteiger partial charge is 0.496 e. The number of rotatable bonds is 5. The summed E-state index contributed by atoms with van der Waals surface area (Å²) < 4.78 is 10.6. The topological polar surface area (TPSA) is 55.8 Å². The summed E-state index contributed by atoms with van der Waals surface area (Å²) in [7, 11) is 1.51. The van der Waals surface area contributed by atoms with E-state index in [9.17, 15) is 4.79 Å². The van der Waals surface area contributed by atoms with Gasteiger partial charge in [0, 0.05) is 5.56 Å². The number of hydrogen-bond acceptors (Lipinski definition) is 3. The molecule has 0 unspecified atom stereocenters. The quantitative estimate of drug-likeness (QED) is 0.833. The first-order valence-electron chi connectivity index (χ1n) is 5.06. The Hall–Kier alpha value is -1.55. The lowest BCUT2D eigenvalue weighted by molar-refractivity contribution is 0.0640. The molecule has 0 atom stereocenters. The van der Waals surface area contributed by atoms with Crippen molar-refractivity contribution in [3.8, 4) is 5.75 Å². The van der Waals surface area contributed by atoms with Crippen molar-refractivity contribution in [2.24, 2.45) is 0 Å². The monoisotopic (exact) mass is 224 g/mol. The predicted molar refractivity (Wildman–Crippen MR) is 59.9 cm³/mol. The summed E-state index contributed by atoms with van der Waals surface area (Å²) in [6, 6.07) is 4.76. The second-order valence-corrected chi connectivity index (χ2v) is 3.69. The molecule has 0 aliphatic heterocycles. The Morgan fingerprint density at radius 3 is 2.62 bits per heavy atom. The van der Waals surface area contributed by atoms with Crippen molar-refractivity contribution in [1.29, 1.82) is 0 Å². The molecule has 4 nitrogen and oxygen atoms in total. The minimum atomic E-state index is -0.963. The van der Waals surface area contributed by atoms with E-state index in [4.69, 9.17) is 14.6 Å². The normalized spacial score (nSPS) is 10.5. The Balaban J connectivity index is 2.89. The zero-order valence-electron chi connectivity index (χ0n) is 9.69. The fraction of sp³-hybridized carbons (Fsp3) is 0.417. The van der Waals surface area contributed by atoms with Gasteiger partial charge in [-0.2, -0.15) is 0 Å². The fourth-order valence-electron chi connectivity index (χ4n) is 1.25. The van der Waals surface area contributed by atoms with Crippen LogP contribution in [-0.4, -0.2) is 24.3 Å². The Labute approximate surface area is 94.8 Å². The number of carboxylic acid groups (broad SMARTS) is 1. The molecule has 0 saturated carbocycles. The molecule has 88 valence electrons. The molecule has 0 heterocycles. The molecule has 0 saturated heterocycles. The number of methoxy groups -OCH3 is 1. The third-order valence-corrected chi connectivity index (χ3v) is 2.11. The van der Waals surface area contributed by atoms with Crippen LogP contribution in [0, 0.1) is 0 Å². The number of hydrogen-bond donors (Lipinski definition) is 1. The molecule has 0 aliphatic carbocycles. The molecule has 0 bridgehead atoms. The van der Waals surface area contributed by atoms with Gasteiger partial charge in [-0.05, 0) is 26.0 Å². The van der Waals surface area contributed by atoms with Gasteiger partial charge in [-0.25, -0.2) is 4.79 Å². The highest BCUT2D eigenvalue weighted by atomic mass is 16.5. The average molecular weight is 224 g/mol. The highest BCUT2D eigenvalue weighted by molar-refractivity contribution is 5.88. The van der Waals surface area contributed by atoms with Crippen molar-refractivity contribution in [3.63, 3.8) is 0 Å². The van der Waals surface area contributed by atoms with Crippen LogP contribution in [0.1, 0.15) is 29.8 Å². The van der Waals surface area contributed by atoms with Gasteiger partial charge in [0.15, 0.2) is 0 Å². The Morgan fingerprint density at radius 1 is 1.44 bits per heavy atom. The SMILES string of the molecule is COc1cc(C(=O)O)ccc1COC(C)C. The molecule has 0 radical (unpaired) electrons. The molecule has 1 rings (SSSR count). The maximum atomic E-state index is 10.8. The highest BCUT2D eigenvalue weighted by Crippen LogP contribution is 2.21. The Bertz CT molecular complexity index is 371. The molecule has 0 spiro atoms. The third-order valence-electron chi connectivity index (χ3n) is 2.11. The summed E-state index contributed by atoms with van der Waals surface area (Å²) in [4.78, 5) is 10.8. The molecular weight excluding hydrogens is 208 g/mol. The van der Waals surface area contributed by atoms with Crippen LogP contribution in [0.25, 0.3) is 0 Å². The number of carboxylic acids is 1.